The first kappa shape index (κ1) is 12.4. The number of hydrogen-bond donors (Lipinski definition) is 1. The first-order valence-corrected chi connectivity index (χ1v) is 6.68. The van der Waals surface area contributed by atoms with Crippen LogP contribution in [0.15, 0.2) is 24.3 Å². The molecule has 94 valence electrons. The molecule has 1 aliphatic carbocycles. The van der Waals surface area contributed by atoms with Crippen LogP contribution in [-0.4, -0.2) is 13.2 Å². The molecule has 2 heteroatoms. The van der Waals surface area contributed by atoms with Gasteiger partial charge in [-0.05, 0) is 42.9 Å². The highest BCUT2D eigenvalue weighted by atomic mass is 16.5. The fourth-order valence-electron chi connectivity index (χ4n) is 2.77. The van der Waals surface area contributed by atoms with Crippen molar-refractivity contribution in [2.24, 2.45) is 11.7 Å². The van der Waals surface area contributed by atoms with Crippen molar-refractivity contribution in [3.8, 4) is 5.75 Å². The zero-order valence-corrected chi connectivity index (χ0v) is 10.7. The Labute approximate surface area is 104 Å². The Morgan fingerprint density at radius 3 is 2.88 bits per heavy atom. The summed E-state index contributed by atoms with van der Waals surface area (Å²) in [5.41, 5.74) is 7.62. The molecule has 2 unspecified atom stereocenters. The van der Waals surface area contributed by atoms with Crippen molar-refractivity contribution < 1.29 is 4.74 Å². The maximum atomic E-state index is 6.27. The molecule has 0 heterocycles. The van der Waals surface area contributed by atoms with E-state index in [1.54, 1.807) is 7.11 Å². The third-order valence-corrected chi connectivity index (χ3v) is 3.85. The Bertz CT molecular complexity index is 351. The van der Waals surface area contributed by atoms with E-state index < -0.39 is 0 Å². The third kappa shape index (κ3) is 3.47. The van der Waals surface area contributed by atoms with Gasteiger partial charge in [-0.2, -0.15) is 0 Å². The molecule has 1 fully saturated rings. The Morgan fingerprint density at radius 1 is 1.24 bits per heavy atom. The summed E-state index contributed by atoms with van der Waals surface area (Å²) in [6.45, 7) is 0. The standard InChI is InChI=1S/C15H23NO/c1-17-14-8-5-6-12(11-14)10-13-7-3-2-4-9-15(13)16/h5-6,8,11,13,15H,2-4,7,9-10,16H2,1H3. The Balaban J connectivity index is 2.02. The highest BCUT2D eigenvalue weighted by molar-refractivity contribution is 5.28. The number of rotatable bonds is 3. The van der Waals surface area contributed by atoms with E-state index in [4.69, 9.17) is 10.5 Å². The van der Waals surface area contributed by atoms with Gasteiger partial charge in [0.15, 0.2) is 0 Å². The van der Waals surface area contributed by atoms with E-state index in [0.717, 1.165) is 12.2 Å². The van der Waals surface area contributed by atoms with Gasteiger partial charge in [-0.3, -0.25) is 0 Å². The van der Waals surface area contributed by atoms with Crippen LogP contribution in [0.4, 0.5) is 0 Å². The van der Waals surface area contributed by atoms with E-state index in [9.17, 15) is 0 Å². The van der Waals surface area contributed by atoms with Gasteiger partial charge in [0.25, 0.3) is 0 Å². The number of ether oxygens (including phenoxy) is 1. The van der Waals surface area contributed by atoms with Crippen LogP contribution in [0, 0.1) is 5.92 Å². The lowest BCUT2D eigenvalue weighted by Crippen LogP contribution is -2.30. The SMILES string of the molecule is COc1cccc(CC2CCCCCC2N)c1. The van der Waals surface area contributed by atoms with Crippen LogP contribution in [0.2, 0.25) is 0 Å². The molecular formula is C15H23NO. The van der Waals surface area contributed by atoms with Crippen LogP contribution in [0.3, 0.4) is 0 Å². The molecule has 2 rings (SSSR count). The van der Waals surface area contributed by atoms with Crippen molar-refractivity contribution in [1.29, 1.82) is 0 Å². The average Bonchev–Trinajstić information content (AvgIpc) is 2.55. The average molecular weight is 233 g/mol. The number of benzene rings is 1. The molecule has 0 spiro atoms. The molecule has 2 atom stereocenters. The highest BCUT2D eigenvalue weighted by Crippen LogP contribution is 2.26. The zero-order chi connectivity index (χ0) is 12.1. The molecule has 0 bridgehead atoms. The van der Waals surface area contributed by atoms with Gasteiger partial charge in [-0.25, -0.2) is 0 Å². The maximum absolute atomic E-state index is 6.27. The lowest BCUT2D eigenvalue weighted by Gasteiger charge is -2.21. The Morgan fingerprint density at radius 2 is 2.06 bits per heavy atom. The summed E-state index contributed by atoms with van der Waals surface area (Å²) in [7, 11) is 1.72. The minimum atomic E-state index is 0.378. The summed E-state index contributed by atoms with van der Waals surface area (Å²) in [5, 5.41) is 0. The molecule has 0 aromatic heterocycles. The molecule has 1 aliphatic rings. The Hall–Kier alpha value is -1.02. The molecule has 1 aromatic rings. The first-order chi connectivity index (χ1) is 8.29. The monoisotopic (exact) mass is 233 g/mol. The summed E-state index contributed by atoms with van der Waals surface area (Å²) >= 11 is 0. The van der Waals surface area contributed by atoms with Gasteiger partial charge in [-0.1, -0.05) is 31.4 Å². The molecule has 1 aromatic carbocycles. The van der Waals surface area contributed by atoms with Gasteiger partial charge < -0.3 is 10.5 Å². The normalized spacial score (nSPS) is 25.3. The van der Waals surface area contributed by atoms with E-state index in [1.807, 2.05) is 6.07 Å². The number of nitrogens with two attached hydrogens (primary N) is 1. The molecule has 0 amide bonds. The van der Waals surface area contributed by atoms with Crippen LogP contribution < -0.4 is 10.5 Å². The summed E-state index contributed by atoms with van der Waals surface area (Å²) < 4.78 is 5.26. The van der Waals surface area contributed by atoms with Crippen LogP contribution in [-0.2, 0) is 6.42 Å². The summed E-state index contributed by atoms with van der Waals surface area (Å²) in [6.07, 6.45) is 7.55. The van der Waals surface area contributed by atoms with Crippen molar-refractivity contribution in [2.45, 2.75) is 44.6 Å². The van der Waals surface area contributed by atoms with Gasteiger partial charge in [-0.15, -0.1) is 0 Å². The summed E-state index contributed by atoms with van der Waals surface area (Å²) in [4.78, 5) is 0. The quantitative estimate of drug-likeness (QED) is 0.814. The smallest absolute Gasteiger partial charge is 0.119 e. The topological polar surface area (TPSA) is 35.2 Å². The predicted octanol–water partition coefficient (Wildman–Crippen LogP) is 3.15. The molecule has 17 heavy (non-hydrogen) atoms. The van der Waals surface area contributed by atoms with Crippen molar-refractivity contribution in [1.82, 2.24) is 0 Å². The van der Waals surface area contributed by atoms with Gasteiger partial charge >= 0.3 is 0 Å². The van der Waals surface area contributed by atoms with Crippen molar-refractivity contribution in [3.05, 3.63) is 29.8 Å². The van der Waals surface area contributed by atoms with Crippen LogP contribution in [0.25, 0.3) is 0 Å². The van der Waals surface area contributed by atoms with Crippen molar-refractivity contribution in [2.75, 3.05) is 7.11 Å². The summed E-state index contributed by atoms with van der Waals surface area (Å²) in [6, 6.07) is 8.76. The molecule has 0 radical (unpaired) electrons. The van der Waals surface area contributed by atoms with Crippen LogP contribution >= 0.6 is 0 Å². The third-order valence-electron chi connectivity index (χ3n) is 3.85. The second-order valence-corrected chi connectivity index (χ2v) is 5.12. The van der Waals surface area contributed by atoms with E-state index in [-0.39, 0.29) is 0 Å². The minimum Gasteiger partial charge on any atom is -0.497 e. The van der Waals surface area contributed by atoms with Crippen LogP contribution in [0.1, 0.15) is 37.7 Å². The predicted molar refractivity (Wildman–Crippen MR) is 71.2 cm³/mol. The highest BCUT2D eigenvalue weighted by Gasteiger charge is 2.20. The van der Waals surface area contributed by atoms with Gasteiger partial charge in [0, 0.05) is 6.04 Å². The molecule has 0 saturated heterocycles. The fourth-order valence-corrected chi connectivity index (χ4v) is 2.77. The molecule has 2 nitrogen and oxygen atoms in total. The fraction of sp³-hybridized carbons (Fsp3) is 0.600. The second kappa shape index (κ2) is 6.06. The van der Waals surface area contributed by atoms with Gasteiger partial charge in [0.05, 0.1) is 7.11 Å². The molecular weight excluding hydrogens is 210 g/mol. The first-order valence-electron chi connectivity index (χ1n) is 6.68. The zero-order valence-electron chi connectivity index (χ0n) is 10.7. The Kier molecular flexibility index (Phi) is 4.43. The second-order valence-electron chi connectivity index (χ2n) is 5.12. The lowest BCUT2D eigenvalue weighted by atomic mass is 9.89. The molecule has 0 aliphatic heterocycles. The minimum absolute atomic E-state index is 0.378. The molecule has 2 N–H and O–H groups in total. The van der Waals surface area contributed by atoms with Gasteiger partial charge in [0.1, 0.15) is 5.75 Å². The molecule has 1 saturated carbocycles. The summed E-state index contributed by atoms with van der Waals surface area (Å²) in [5.74, 6) is 1.59. The number of hydrogen-bond acceptors (Lipinski definition) is 2. The van der Waals surface area contributed by atoms with Crippen molar-refractivity contribution in [3.63, 3.8) is 0 Å². The van der Waals surface area contributed by atoms with Crippen molar-refractivity contribution >= 4 is 0 Å². The van der Waals surface area contributed by atoms with E-state index in [2.05, 4.69) is 18.2 Å². The largest absolute Gasteiger partial charge is 0.497 e. The maximum Gasteiger partial charge on any atom is 0.119 e. The van der Waals surface area contributed by atoms with E-state index >= 15 is 0 Å². The van der Waals surface area contributed by atoms with E-state index in [1.165, 1.54) is 37.7 Å². The lowest BCUT2D eigenvalue weighted by molar-refractivity contribution is 0.392. The van der Waals surface area contributed by atoms with E-state index in [0.29, 0.717) is 12.0 Å². The number of methoxy groups -OCH3 is 1. The van der Waals surface area contributed by atoms with Crippen LogP contribution in [0.5, 0.6) is 5.75 Å². The van der Waals surface area contributed by atoms with Gasteiger partial charge in [0.2, 0.25) is 0 Å².